The molecule has 4 nitrogen and oxygen atoms in total. The van der Waals surface area contributed by atoms with Gasteiger partial charge in [0.1, 0.15) is 13.1 Å². The summed E-state index contributed by atoms with van der Waals surface area (Å²) < 4.78 is 6.46. The number of thioether (sulfide) groups is 1. The van der Waals surface area contributed by atoms with E-state index in [1.165, 1.54) is 4.90 Å². The summed E-state index contributed by atoms with van der Waals surface area (Å²) in [5, 5.41) is 7.29. The predicted molar refractivity (Wildman–Crippen MR) is 99.9 cm³/mol. The Balaban J connectivity index is 1.49. The molecule has 1 saturated heterocycles. The van der Waals surface area contributed by atoms with Crippen molar-refractivity contribution in [2.75, 3.05) is 51.7 Å². The van der Waals surface area contributed by atoms with Gasteiger partial charge in [-0.3, -0.25) is 0 Å². The number of hydrogen-bond donors (Lipinski definition) is 3. The van der Waals surface area contributed by atoms with Gasteiger partial charge in [0.15, 0.2) is 5.11 Å². The van der Waals surface area contributed by atoms with Gasteiger partial charge in [-0.1, -0.05) is 15.9 Å². The van der Waals surface area contributed by atoms with E-state index < -0.39 is 0 Å². The lowest BCUT2D eigenvalue weighted by Gasteiger charge is -2.24. The maximum Gasteiger partial charge on any atom is 0.166 e. The normalized spacial score (nSPS) is 15.5. The Labute approximate surface area is 150 Å². The standard InChI is InChI=1S/C15H22BrN3OS2/c16-13-1-3-14(4-2-13)22-12-6-18-15(21)17-5-7-19-8-10-20-11-9-19/h1-4H,5-12H2,(H2,17,18,21)/p+1. The predicted octanol–water partition coefficient (Wildman–Crippen LogP) is 0.920. The summed E-state index contributed by atoms with van der Waals surface area (Å²) >= 11 is 10.6. The van der Waals surface area contributed by atoms with Gasteiger partial charge in [-0.15, -0.1) is 11.8 Å². The van der Waals surface area contributed by atoms with E-state index in [1.807, 2.05) is 11.8 Å². The Morgan fingerprint density at radius 3 is 2.59 bits per heavy atom. The van der Waals surface area contributed by atoms with Gasteiger partial charge in [0.2, 0.25) is 0 Å². The lowest BCUT2D eigenvalue weighted by atomic mass is 10.4. The van der Waals surface area contributed by atoms with Crippen molar-refractivity contribution in [2.24, 2.45) is 0 Å². The molecule has 1 aromatic rings. The average Bonchev–Trinajstić information content (AvgIpc) is 2.54. The zero-order valence-corrected chi connectivity index (χ0v) is 15.8. The highest BCUT2D eigenvalue weighted by atomic mass is 79.9. The molecule has 0 atom stereocenters. The maximum absolute atomic E-state index is 5.35. The minimum absolute atomic E-state index is 0.754. The first-order valence-electron chi connectivity index (χ1n) is 7.55. The van der Waals surface area contributed by atoms with Crippen LogP contribution < -0.4 is 15.5 Å². The summed E-state index contributed by atoms with van der Waals surface area (Å²) in [7, 11) is 0. The molecule has 7 heteroatoms. The van der Waals surface area contributed by atoms with Gasteiger partial charge in [0, 0.05) is 21.7 Å². The maximum atomic E-state index is 5.35. The van der Waals surface area contributed by atoms with Crippen molar-refractivity contribution in [3.05, 3.63) is 28.7 Å². The lowest BCUT2D eigenvalue weighted by molar-refractivity contribution is -0.906. The smallest absolute Gasteiger partial charge is 0.166 e. The molecule has 0 aromatic heterocycles. The summed E-state index contributed by atoms with van der Waals surface area (Å²) in [6.07, 6.45) is 0. The molecule has 0 spiro atoms. The van der Waals surface area contributed by atoms with Gasteiger partial charge >= 0.3 is 0 Å². The van der Waals surface area contributed by atoms with Crippen molar-refractivity contribution in [1.82, 2.24) is 10.6 Å². The Hall–Kier alpha value is -0.340. The Morgan fingerprint density at radius 1 is 1.18 bits per heavy atom. The molecule has 0 amide bonds. The van der Waals surface area contributed by atoms with Crippen LogP contribution in [0.25, 0.3) is 0 Å². The third kappa shape index (κ3) is 7.28. The molecule has 3 N–H and O–H groups in total. The fraction of sp³-hybridized carbons (Fsp3) is 0.533. The van der Waals surface area contributed by atoms with Crippen LogP contribution in [-0.4, -0.2) is 56.8 Å². The van der Waals surface area contributed by atoms with Gasteiger partial charge in [-0.05, 0) is 36.5 Å². The number of nitrogens with one attached hydrogen (secondary N) is 3. The third-order valence-corrected chi connectivity index (χ3v) is 5.27. The van der Waals surface area contributed by atoms with Gasteiger partial charge in [-0.25, -0.2) is 0 Å². The molecule has 1 aromatic carbocycles. The minimum Gasteiger partial charge on any atom is -0.370 e. The number of thiocarbonyl (C=S) groups is 1. The molecule has 2 rings (SSSR count). The van der Waals surface area contributed by atoms with Crippen molar-refractivity contribution in [3.8, 4) is 0 Å². The van der Waals surface area contributed by atoms with Crippen molar-refractivity contribution < 1.29 is 9.64 Å². The largest absolute Gasteiger partial charge is 0.370 e. The number of rotatable bonds is 7. The highest BCUT2D eigenvalue weighted by Gasteiger charge is 2.12. The zero-order valence-electron chi connectivity index (χ0n) is 12.6. The molecule has 0 aliphatic carbocycles. The number of benzene rings is 1. The van der Waals surface area contributed by atoms with Crippen LogP contribution >= 0.6 is 39.9 Å². The molecular formula is C15H23BrN3OS2+. The van der Waals surface area contributed by atoms with Crippen LogP contribution in [0.2, 0.25) is 0 Å². The summed E-state index contributed by atoms with van der Waals surface area (Å²) in [6, 6.07) is 8.37. The SMILES string of the molecule is S=C(NCCSc1ccc(Br)cc1)NCC[NH+]1CCOCC1. The van der Waals surface area contributed by atoms with E-state index in [4.69, 9.17) is 17.0 Å². The van der Waals surface area contributed by atoms with E-state index in [9.17, 15) is 0 Å². The Kier molecular flexibility index (Phi) is 8.54. The highest BCUT2D eigenvalue weighted by Crippen LogP contribution is 2.19. The van der Waals surface area contributed by atoms with Crippen LogP contribution in [0.1, 0.15) is 0 Å². The number of quaternary nitrogens is 1. The van der Waals surface area contributed by atoms with Crippen molar-refractivity contribution in [2.45, 2.75) is 4.90 Å². The van der Waals surface area contributed by atoms with Crippen LogP contribution in [0, 0.1) is 0 Å². The van der Waals surface area contributed by atoms with E-state index in [-0.39, 0.29) is 0 Å². The summed E-state index contributed by atoms with van der Waals surface area (Å²) in [5.41, 5.74) is 0. The van der Waals surface area contributed by atoms with E-state index in [2.05, 4.69) is 50.8 Å². The Bertz CT molecular complexity index is 453. The Morgan fingerprint density at radius 2 is 1.86 bits per heavy atom. The van der Waals surface area contributed by atoms with E-state index >= 15 is 0 Å². The van der Waals surface area contributed by atoms with Gasteiger partial charge in [0.25, 0.3) is 0 Å². The first-order chi connectivity index (χ1) is 10.7. The topological polar surface area (TPSA) is 37.7 Å². The van der Waals surface area contributed by atoms with Crippen molar-refractivity contribution in [1.29, 1.82) is 0 Å². The van der Waals surface area contributed by atoms with Crippen LogP contribution in [0.3, 0.4) is 0 Å². The van der Waals surface area contributed by atoms with Crippen LogP contribution in [-0.2, 0) is 4.74 Å². The first kappa shape index (κ1) is 18.0. The van der Waals surface area contributed by atoms with E-state index in [1.54, 1.807) is 4.90 Å². The van der Waals surface area contributed by atoms with Crippen LogP contribution in [0.5, 0.6) is 0 Å². The van der Waals surface area contributed by atoms with E-state index in [0.29, 0.717) is 0 Å². The number of hydrogen-bond acceptors (Lipinski definition) is 3. The molecule has 0 bridgehead atoms. The molecule has 0 radical (unpaired) electrons. The van der Waals surface area contributed by atoms with Gasteiger partial charge in [-0.2, -0.15) is 0 Å². The van der Waals surface area contributed by atoms with Crippen LogP contribution in [0.4, 0.5) is 0 Å². The summed E-state index contributed by atoms with van der Waals surface area (Å²) in [4.78, 5) is 2.87. The summed E-state index contributed by atoms with van der Waals surface area (Å²) in [5.74, 6) is 0.998. The van der Waals surface area contributed by atoms with E-state index in [0.717, 1.165) is 61.3 Å². The minimum atomic E-state index is 0.754. The van der Waals surface area contributed by atoms with Crippen LogP contribution in [0.15, 0.2) is 33.6 Å². The fourth-order valence-corrected chi connectivity index (χ4v) is 3.43. The number of morpholine rings is 1. The number of ether oxygens (including phenoxy) is 1. The van der Waals surface area contributed by atoms with Crippen molar-refractivity contribution >= 4 is 45.0 Å². The monoisotopic (exact) mass is 404 g/mol. The molecule has 0 unspecified atom stereocenters. The lowest BCUT2D eigenvalue weighted by Crippen LogP contribution is -3.14. The first-order valence-corrected chi connectivity index (χ1v) is 9.74. The average molecular weight is 405 g/mol. The highest BCUT2D eigenvalue weighted by molar-refractivity contribution is 9.10. The second-order valence-electron chi connectivity index (χ2n) is 5.10. The zero-order chi connectivity index (χ0) is 15.6. The second-order valence-corrected chi connectivity index (χ2v) is 7.59. The molecular weight excluding hydrogens is 382 g/mol. The molecule has 1 fully saturated rings. The third-order valence-electron chi connectivity index (χ3n) is 3.43. The van der Waals surface area contributed by atoms with Crippen molar-refractivity contribution in [3.63, 3.8) is 0 Å². The quantitative estimate of drug-likeness (QED) is 0.358. The molecule has 1 aliphatic heterocycles. The van der Waals surface area contributed by atoms with Gasteiger partial charge in [0.05, 0.1) is 26.3 Å². The number of halogens is 1. The molecule has 1 aliphatic rings. The fourth-order valence-electron chi connectivity index (χ4n) is 2.19. The molecule has 0 saturated carbocycles. The van der Waals surface area contributed by atoms with Gasteiger partial charge < -0.3 is 20.3 Å². The second kappa shape index (κ2) is 10.4. The molecule has 122 valence electrons. The molecule has 1 heterocycles. The summed E-state index contributed by atoms with van der Waals surface area (Å²) in [6.45, 7) is 6.85. The molecule has 22 heavy (non-hydrogen) atoms.